The van der Waals surface area contributed by atoms with Gasteiger partial charge in [0.15, 0.2) is 5.41 Å². The molecule has 0 saturated heterocycles. The van der Waals surface area contributed by atoms with Gasteiger partial charge < -0.3 is 9.47 Å². The van der Waals surface area contributed by atoms with Crippen LogP contribution in [0.25, 0.3) is 0 Å². The van der Waals surface area contributed by atoms with Crippen molar-refractivity contribution in [3.63, 3.8) is 0 Å². The van der Waals surface area contributed by atoms with Gasteiger partial charge >= 0.3 is 11.9 Å². The first-order valence-corrected chi connectivity index (χ1v) is 10.7. The van der Waals surface area contributed by atoms with Crippen LogP contribution < -0.4 is 0 Å². The Morgan fingerprint density at radius 3 is 2.00 bits per heavy atom. The molecule has 0 radical (unpaired) electrons. The maximum absolute atomic E-state index is 12.9. The molecule has 0 aromatic heterocycles. The van der Waals surface area contributed by atoms with Gasteiger partial charge in [0.25, 0.3) is 0 Å². The van der Waals surface area contributed by atoms with E-state index in [1.54, 1.807) is 26.0 Å². The molecule has 2 rings (SSSR count). The predicted octanol–water partition coefficient (Wildman–Crippen LogP) is 3.97. The van der Waals surface area contributed by atoms with Crippen LogP contribution in [0.3, 0.4) is 0 Å². The average molecular weight is 415 g/mol. The van der Waals surface area contributed by atoms with Crippen LogP contribution in [0.1, 0.15) is 25.0 Å². The number of carbonyl (C=O) groups excluding carboxylic acids is 2. The minimum atomic E-state index is -1.71. The van der Waals surface area contributed by atoms with Crippen LogP contribution in [0.15, 0.2) is 71.0 Å². The van der Waals surface area contributed by atoms with E-state index in [9.17, 15) is 13.8 Å². The molecule has 0 N–H and O–H groups in total. The molecule has 0 aliphatic carbocycles. The summed E-state index contributed by atoms with van der Waals surface area (Å²) in [7, 11) is -1.53. The van der Waals surface area contributed by atoms with E-state index in [0.717, 1.165) is 11.1 Å². The van der Waals surface area contributed by atoms with Crippen molar-refractivity contribution < 1.29 is 23.3 Å². The van der Waals surface area contributed by atoms with Gasteiger partial charge in [-0.25, -0.2) is 4.21 Å². The van der Waals surface area contributed by atoms with E-state index in [1.807, 2.05) is 49.4 Å². The number of benzene rings is 2. The standard InChI is InChI=1S/C23H26O5S/c1-4-27-21(24)23(22(25)28-5-2,17-19-9-7-6-8-10-19)15-16-29(26)20-13-11-18(3)12-14-20/h6-16H,4-5,17H2,1-3H3/b16-15+. The molecular weight excluding hydrogens is 388 g/mol. The van der Waals surface area contributed by atoms with Crippen molar-refractivity contribution in [1.82, 2.24) is 0 Å². The van der Waals surface area contributed by atoms with Crippen molar-refractivity contribution in [3.8, 4) is 0 Å². The summed E-state index contributed by atoms with van der Waals surface area (Å²) in [6, 6.07) is 16.4. The highest BCUT2D eigenvalue weighted by atomic mass is 32.2. The van der Waals surface area contributed by atoms with Gasteiger partial charge in [0.05, 0.1) is 24.0 Å². The van der Waals surface area contributed by atoms with Gasteiger partial charge in [0, 0.05) is 16.7 Å². The maximum Gasteiger partial charge on any atom is 0.327 e. The highest BCUT2D eigenvalue weighted by Crippen LogP contribution is 2.30. The second-order valence-corrected chi connectivity index (χ2v) is 7.83. The van der Waals surface area contributed by atoms with Crippen LogP contribution in [0.4, 0.5) is 0 Å². The Balaban J connectivity index is 2.47. The lowest BCUT2D eigenvalue weighted by molar-refractivity contribution is -0.167. The van der Waals surface area contributed by atoms with Crippen LogP contribution in [-0.4, -0.2) is 29.4 Å². The monoisotopic (exact) mass is 414 g/mol. The van der Waals surface area contributed by atoms with E-state index in [0.29, 0.717) is 4.90 Å². The lowest BCUT2D eigenvalue weighted by Crippen LogP contribution is -2.42. The van der Waals surface area contributed by atoms with Gasteiger partial charge in [-0.1, -0.05) is 48.0 Å². The Morgan fingerprint density at radius 2 is 1.48 bits per heavy atom. The number of rotatable bonds is 9. The molecule has 0 saturated carbocycles. The van der Waals surface area contributed by atoms with Gasteiger partial charge in [-0.15, -0.1) is 0 Å². The smallest absolute Gasteiger partial charge is 0.327 e. The molecule has 1 unspecified atom stereocenters. The summed E-state index contributed by atoms with van der Waals surface area (Å²) in [6.07, 6.45) is 1.42. The van der Waals surface area contributed by atoms with Crippen molar-refractivity contribution >= 4 is 22.7 Å². The van der Waals surface area contributed by atoms with Gasteiger partial charge in [-0.2, -0.15) is 0 Å². The molecule has 0 bridgehead atoms. The van der Waals surface area contributed by atoms with Gasteiger partial charge in [-0.3, -0.25) is 9.59 Å². The number of hydrogen-bond acceptors (Lipinski definition) is 5. The average Bonchev–Trinajstić information content (AvgIpc) is 2.72. The fourth-order valence-electron chi connectivity index (χ4n) is 2.79. The summed E-state index contributed by atoms with van der Waals surface area (Å²) in [4.78, 5) is 26.4. The number of carbonyl (C=O) groups is 2. The Bertz CT molecular complexity index is 854. The summed E-state index contributed by atoms with van der Waals surface area (Å²) in [5, 5.41) is 1.36. The van der Waals surface area contributed by atoms with Gasteiger partial charge in [0.2, 0.25) is 0 Å². The number of aryl methyl sites for hydroxylation is 1. The molecule has 1 atom stereocenters. The van der Waals surface area contributed by atoms with Crippen LogP contribution in [0.2, 0.25) is 0 Å². The van der Waals surface area contributed by atoms with E-state index in [-0.39, 0.29) is 19.6 Å². The highest BCUT2D eigenvalue weighted by molar-refractivity contribution is 7.88. The fourth-order valence-corrected chi connectivity index (χ4v) is 3.71. The molecule has 154 valence electrons. The van der Waals surface area contributed by atoms with E-state index < -0.39 is 28.2 Å². The normalized spacial score (nSPS) is 12.5. The van der Waals surface area contributed by atoms with E-state index in [1.165, 1.54) is 11.5 Å². The van der Waals surface area contributed by atoms with Crippen LogP contribution in [0.5, 0.6) is 0 Å². The zero-order valence-electron chi connectivity index (χ0n) is 16.9. The van der Waals surface area contributed by atoms with Crippen LogP contribution in [0, 0.1) is 12.3 Å². The van der Waals surface area contributed by atoms with Crippen molar-refractivity contribution in [2.45, 2.75) is 32.1 Å². The molecule has 0 spiro atoms. The third-order valence-corrected chi connectivity index (χ3v) is 5.45. The molecule has 0 amide bonds. The molecule has 0 fully saturated rings. The van der Waals surface area contributed by atoms with Crippen molar-refractivity contribution in [3.05, 3.63) is 77.2 Å². The summed E-state index contributed by atoms with van der Waals surface area (Å²) in [6.45, 7) is 5.51. The topological polar surface area (TPSA) is 69.7 Å². The minimum Gasteiger partial charge on any atom is -0.465 e. The van der Waals surface area contributed by atoms with Gasteiger partial charge in [-0.05, 0) is 44.5 Å². The van der Waals surface area contributed by atoms with Crippen LogP contribution in [-0.2, 0) is 36.3 Å². The SMILES string of the molecule is CCOC(=O)C(/C=C/S(=O)c1ccc(C)cc1)(Cc1ccccc1)C(=O)OCC. The predicted molar refractivity (Wildman–Crippen MR) is 113 cm³/mol. The summed E-state index contributed by atoms with van der Waals surface area (Å²) < 4.78 is 23.2. The molecule has 2 aromatic carbocycles. The van der Waals surface area contributed by atoms with E-state index in [4.69, 9.17) is 9.47 Å². The van der Waals surface area contributed by atoms with E-state index in [2.05, 4.69) is 0 Å². The van der Waals surface area contributed by atoms with E-state index >= 15 is 0 Å². The Morgan fingerprint density at radius 1 is 0.931 bits per heavy atom. The minimum absolute atomic E-state index is 0.0487. The molecule has 6 heteroatoms. The summed E-state index contributed by atoms with van der Waals surface area (Å²) >= 11 is 0. The third-order valence-electron chi connectivity index (χ3n) is 4.33. The molecule has 0 heterocycles. The molecule has 29 heavy (non-hydrogen) atoms. The highest BCUT2D eigenvalue weighted by Gasteiger charge is 2.47. The molecule has 0 aliphatic heterocycles. The van der Waals surface area contributed by atoms with Gasteiger partial charge in [0.1, 0.15) is 0 Å². The van der Waals surface area contributed by atoms with Crippen molar-refractivity contribution in [2.24, 2.45) is 5.41 Å². The molecule has 0 aliphatic rings. The quantitative estimate of drug-likeness (QED) is 0.459. The number of esters is 2. The Hall–Kier alpha value is -2.73. The first-order valence-electron chi connectivity index (χ1n) is 9.48. The molecular formula is C23H26O5S. The zero-order chi connectivity index (χ0) is 21.3. The summed E-state index contributed by atoms with van der Waals surface area (Å²) in [5.41, 5.74) is 0.0962. The lowest BCUT2D eigenvalue weighted by atomic mass is 9.81. The first-order chi connectivity index (χ1) is 13.9. The first kappa shape index (κ1) is 22.6. The maximum atomic E-state index is 12.9. The second-order valence-electron chi connectivity index (χ2n) is 6.49. The molecule has 5 nitrogen and oxygen atoms in total. The third kappa shape index (κ3) is 5.87. The second kappa shape index (κ2) is 10.7. The zero-order valence-corrected chi connectivity index (χ0v) is 17.7. The number of ether oxygens (including phenoxy) is 2. The Kier molecular flexibility index (Phi) is 8.34. The lowest BCUT2D eigenvalue weighted by Gasteiger charge is -2.26. The van der Waals surface area contributed by atoms with Crippen molar-refractivity contribution in [2.75, 3.05) is 13.2 Å². The summed E-state index contributed by atoms with van der Waals surface area (Å²) in [5.74, 6) is -1.45. The largest absolute Gasteiger partial charge is 0.465 e. The molecule has 2 aromatic rings. The van der Waals surface area contributed by atoms with Crippen LogP contribution >= 0.6 is 0 Å². The fraction of sp³-hybridized carbons (Fsp3) is 0.304. The number of hydrogen-bond donors (Lipinski definition) is 0. The van der Waals surface area contributed by atoms with Crippen molar-refractivity contribution in [1.29, 1.82) is 0 Å². The Labute approximate surface area is 174 Å².